The van der Waals surface area contributed by atoms with Crippen molar-refractivity contribution in [3.8, 4) is 0 Å². The number of benzene rings is 2. The van der Waals surface area contributed by atoms with E-state index in [0.717, 1.165) is 0 Å². The number of Topliss-reactive ketones (excluding diaryl/α,β-unsaturated/α-hetero) is 1. The van der Waals surface area contributed by atoms with E-state index in [1.165, 1.54) is 4.90 Å². The van der Waals surface area contributed by atoms with Gasteiger partial charge in [-0.1, -0.05) is 42.5 Å². The molecule has 1 unspecified atom stereocenters. The van der Waals surface area contributed by atoms with E-state index in [4.69, 9.17) is 0 Å². The van der Waals surface area contributed by atoms with Crippen molar-refractivity contribution < 1.29 is 14.7 Å². The Labute approximate surface area is 117 Å². The van der Waals surface area contributed by atoms with Gasteiger partial charge in [0.1, 0.15) is 6.10 Å². The fraction of sp³-hybridized carbons (Fsp3) is 0.125. The first-order valence-corrected chi connectivity index (χ1v) is 6.19. The summed E-state index contributed by atoms with van der Waals surface area (Å²) in [4.78, 5) is 24.2. The Hall–Kier alpha value is -2.46. The lowest BCUT2D eigenvalue weighted by atomic mass is 10.00. The van der Waals surface area contributed by atoms with Crippen molar-refractivity contribution in [1.29, 1.82) is 0 Å². The number of ketones is 1. The fourth-order valence-corrected chi connectivity index (χ4v) is 1.86. The van der Waals surface area contributed by atoms with Crippen LogP contribution in [-0.2, 0) is 4.79 Å². The van der Waals surface area contributed by atoms with Crippen LogP contribution in [0.2, 0.25) is 0 Å². The van der Waals surface area contributed by atoms with Crippen molar-refractivity contribution in [2.75, 3.05) is 11.9 Å². The highest BCUT2D eigenvalue weighted by molar-refractivity contribution is 5.99. The molecule has 1 N–H and O–H groups in total. The van der Waals surface area contributed by atoms with Crippen LogP contribution in [0.25, 0.3) is 0 Å². The molecule has 0 aliphatic heterocycles. The van der Waals surface area contributed by atoms with Crippen LogP contribution in [0.3, 0.4) is 0 Å². The maximum absolute atomic E-state index is 12.1. The van der Waals surface area contributed by atoms with E-state index in [9.17, 15) is 14.7 Å². The summed E-state index contributed by atoms with van der Waals surface area (Å²) in [5.74, 6) is -0.345. The lowest BCUT2D eigenvalue weighted by Crippen LogP contribution is -2.15. The summed E-state index contributed by atoms with van der Waals surface area (Å²) in [6.07, 6.45) is -0.506. The van der Waals surface area contributed by atoms with Crippen molar-refractivity contribution in [1.82, 2.24) is 0 Å². The van der Waals surface area contributed by atoms with Crippen LogP contribution in [-0.4, -0.2) is 24.3 Å². The molecule has 4 nitrogen and oxygen atoms in total. The molecule has 0 aliphatic carbocycles. The standard InChI is InChI=1S/C16H15NO3/c1-17(11-18)14-9-7-13(8-10-14)16(20)15(19)12-5-3-2-4-6-12/h2-11,16,20H,1H3. The number of nitrogens with zero attached hydrogens (tertiary/aromatic N) is 1. The van der Waals surface area contributed by atoms with Crippen LogP contribution >= 0.6 is 0 Å². The molecular weight excluding hydrogens is 254 g/mol. The van der Waals surface area contributed by atoms with Crippen molar-refractivity contribution in [2.24, 2.45) is 0 Å². The van der Waals surface area contributed by atoms with Crippen LogP contribution in [0.4, 0.5) is 5.69 Å². The van der Waals surface area contributed by atoms with Crippen LogP contribution in [0, 0.1) is 0 Å². The third kappa shape index (κ3) is 2.92. The molecule has 102 valence electrons. The number of amides is 1. The Morgan fingerprint density at radius 3 is 2.25 bits per heavy atom. The number of anilines is 1. The molecule has 2 rings (SSSR count). The van der Waals surface area contributed by atoms with E-state index in [1.54, 1.807) is 55.6 Å². The van der Waals surface area contributed by atoms with Crippen LogP contribution < -0.4 is 4.90 Å². The predicted octanol–water partition coefficient (Wildman–Crippen LogP) is 2.20. The van der Waals surface area contributed by atoms with Gasteiger partial charge in [0.25, 0.3) is 0 Å². The van der Waals surface area contributed by atoms with Gasteiger partial charge in [-0.15, -0.1) is 0 Å². The highest BCUT2D eigenvalue weighted by atomic mass is 16.3. The molecule has 4 heteroatoms. The molecule has 1 amide bonds. The van der Waals surface area contributed by atoms with Crippen LogP contribution in [0.15, 0.2) is 54.6 Å². The molecule has 0 saturated carbocycles. The first kappa shape index (κ1) is 14.0. The third-order valence-corrected chi connectivity index (χ3v) is 3.08. The van der Waals surface area contributed by atoms with E-state index in [1.807, 2.05) is 6.07 Å². The van der Waals surface area contributed by atoms with Gasteiger partial charge in [0.15, 0.2) is 5.78 Å². The van der Waals surface area contributed by atoms with Gasteiger partial charge in [-0.3, -0.25) is 9.59 Å². The van der Waals surface area contributed by atoms with Gasteiger partial charge in [0.05, 0.1) is 0 Å². The first-order valence-electron chi connectivity index (χ1n) is 6.19. The number of aliphatic hydroxyl groups is 1. The lowest BCUT2D eigenvalue weighted by Gasteiger charge is -2.13. The molecule has 0 spiro atoms. The molecule has 2 aromatic carbocycles. The fourth-order valence-electron chi connectivity index (χ4n) is 1.86. The highest BCUT2D eigenvalue weighted by Crippen LogP contribution is 2.21. The summed E-state index contributed by atoms with van der Waals surface area (Å²) in [5.41, 5.74) is 1.67. The number of carbonyl (C=O) groups excluding carboxylic acids is 2. The van der Waals surface area contributed by atoms with Gasteiger partial charge in [0.2, 0.25) is 6.41 Å². The monoisotopic (exact) mass is 269 g/mol. The van der Waals surface area contributed by atoms with Gasteiger partial charge >= 0.3 is 0 Å². The number of hydrogen-bond donors (Lipinski definition) is 1. The van der Waals surface area contributed by atoms with Gasteiger partial charge in [0, 0.05) is 18.3 Å². The minimum Gasteiger partial charge on any atom is -0.380 e. The predicted molar refractivity (Wildman–Crippen MR) is 76.6 cm³/mol. The lowest BCUT2D eigenvalue weighted by molar-refractivity contribution is -0.107. The Kier molecular flexibility index (Phi) is 4.27. The third-order valence-electron chi connectivity index (χ3n) is 3.08. The van der Waals surface area contributed by atoms with Crippen LogP contribution in [0.5, 0.6) is 0 Å². The SMILES string of the molecule is CN(C=O)c1ccc(C(O)C(=O)c2ccccc2)cc1. The highest BCUT2D eigenvalue weighted by Gasteiger charge is 2.18. The second kappa shape index (κ2) is 6.12. The molecule has 1 atom stereocenters. The first-order chi connectivity index (χ1) is 9.63. The summed E-state index contributed by atoms with van der Waals surface area (Å²) in [5, 5.41) is 10.1. The molecule has 0 bridgehead atoms. The summed E-state index contributed by atoms with van der Waals surface area (Å²) in [6, 6.07) is 15.3. The maximum Gasteiger partial charge on any atom is 0.213 e. The average Bonchev–Trinajstić information content (AvgIpc) is 2.53. The Morgan fingerprint density at radius 1 is 1.10 bits per heavy atom. The van der Waals surface area contributed by atoms with E-state index >= 15 is 0 Å². The van der Waals surface area contributed by atoms with E-state index in [2.05, 4.69) is 0 Å². The molecule has 0 aliphatic rings. The van der Waals surface area contributed by atoms with Crippen molar-refractivity contribution in [2.45, 2.75) is 6.10 Å². The van der Waals surface area contributed by atoms with Crippen molar-refractivity contribution >= 4 is 17.9 Å². The Morgan fingerprint density at radius 2 is 1.70 bits per heavy atom. The van der Waals surface area contributed by atoms with Crippen molar-refractivity contribution in [3.05, 3.63) is 65.7 Å². The zero-order valence-corrected chi connectivity index (χ0v) is 11.1. The summed E-state index contributed by atoms with van der Waals surface area (Å²) in [6.45, 7) is 0. The summed E-state index contributed by atoms with van der Waals surface area (Å²) >= 11 is 0. The molecule has 2 aromatic rings. The average molecular weight is 269 g/mol. The minimum atomic E-state index is -1.20. The minimum absolute atomic E-state index is 0.345. The zero-order chi connectivity index (χ0) is 14.5. The summed E-state index contributed by atoms with van der Waals surface area (Å²) < 4.78 is 0. The molecule has 0 heterocycles. The van der Waals surface area contributed by atoms with E-state index < -0.39 is 6.10 Å². The van der Waals surface area contributed by atoms with E-state index in [-0.39, 0.29) is 5.78 Å². The zero-order valence-electron chi connectivity index (χ0n) is 11.1. The molecule has 0 fully saturated rings. The summed E-state index contributed by atoms with van der Waals surface area (Å²) in [7, 11) is 1.63. The van der Waals surface area contributed by atoms with Gasteiger partial charge in [-0.25, -0.2) is 0 Å². The number of carbonyl (C=O) groups is 2. The van der Waals surface area contributed by atoms with Crippen LogP contribution in [0.1, 0.15) is 22.0 Å². The van der Waals surface area contributed by atoms with Gasteiger partial charge < -0.3 is 10.0 Å². The molecule has 20 heavy (non-hydrogen) atoms. The quantitative estimate of drug-likeness (QED) is 0.668. The second-order valence-electron chi connectivity index (χ2n) is 4.44. The molecule has 0 aromatic heterocycles. The Bertz CT molecular complexity index is 593. The molecular formula is C16H15NO3. The molecule has 0 saturated heterocycles. The smallest absolute Gasteiger partial charge is 0.213 e. The maximum atomic E-state index is 12.1. The topological polar surface area (TPSA) is 57.6 Å². The van der Waals surface area contributed by atoms with Gasteiger partial charge in [-0.05, 0) is 17.7 Å². The number of rotatable bonds is 5. The largest absolute Gasteiger partial charge is 0.380 e. The normalized spacial score (nSPS) is 11.7. The van der Waals surface area contributed by atoms with Crippen molar-refractivity contribution in [3.63, 3.8) is 0 Å². The number of aliphatic hydroxyl groups excluding tert-OH is 1. The second-order valence-corrected chi connectivity index (χ2v) is 4.44. The Balaban J connectivity index is 2.19. The molecule has 0 radical (unpaired) electrons. The van der Waals surface area contributed by atoms with E-state index in [0.29, 0.717) is 23.2 Å². The number of hydrogen-bond acceptors (Lipinski definition) is 3. The van der Waals surface area contributed by atoms with Gasteiger partial charge in [-0.2, -0.15) is 0 Å².